The van der Waals surface area contributed by atoms with Crippen LogP contribution < -0.4 is 5.56 Å². The first-order chi connectivity index (χ1) is 14.1. The highest BCUT2D eigenvalue weighted by molar-refractivity contribution is 6.05. The van der Waals surface area contributed by atoms with E-state index in [0.29, 0.717) is 36.7 Å². The summed E-state index contributed by atoms with van der Waals surface area (Å²) in [6.07, 6.45) is 8.44. The first kappa shape index (κ1) is 17.5. The summed E-state index contributed by atoms with van der Waals surface area (Å²) < 4.78 is 18.7. The van der Waals surface area contributed by atoms with Crippen molar-refractivity contribution in [2.75, 3.05) is 0 Å². The van der Waals surface area contributed by atoms with Crippen LogP contribution in [0.4, 0.5) is 10.2 Å². The zero-order valence-electron chi connectivity index (χ0n) is 15.9. The van der Waals surface area contributed by atoms with E-state index in [1.807, 2.05) is 29.8 Å². The van der Waals surface area contributed by atoms with Crippen LogP contribution in [0.25, 0.3) is 5.78 Å². The van der Waals surface area contributed by atoms with Crippen LogP contribution in [0, 0.1) is 5.82 Å². The van der Waals surface area contributed by atoms with E-state index < -0.39 is 0 Å². The SMILES string of the molecule is CCCn1c(=O)c2c(n3ccnc13)N=C(c1cnn(Cc3cccc(F)c3)c1)C2. The zero-order valence-corrected chi connectivity index (χ0v) is 15.9. The minimum Gasteiger partial charge on any atom is -0.278 e. The maximum Gasteiger partial charge on any atom is 0.260 e. The Morgan fingerprint density at radius 2 is 2.17 bits per heavy atom. The van der Waals surface area contributed by atoms with Crippen molar-refractivity contribution in [2.45, 2.75) is 32.9 Å². The quantitative estimate of drug-likeness (QED) is 0.526. The number of aryl methyl sites for hydroxylation is 1. The molecule has 0 bridgehead atoms. The van der Waals surface area contributed by atoms with Crippen LogP contribution in [0.5, 0.6) is 0 Å². The summed E-state index contributed by atoms with van der Waals surface area (Å²) in [4.78, 5) is 22.1. The first-order valence-electron chi connectivity index (χ1n) is 9.57. The van der Waals surface area contributed by atoms with E-state index in [9.17, 15) is 9.18 Å². The van der Waals surface area contributed by atoms with E-state index >= 15 is 0 Å². The number of hydrogen-bond acceptors (Lipinski definition) is 4. The smallest absolute Gasteiger partial charge is 0.260 e. The third-order valence-electron chi connectivity index (χ3n) is 5.10. The fraction of sp³-hybridized carbons (Fsp3) is 0.238. The second-order valence-corrected chi connectivity index (χ2v) is 7.15. The lowest BCUT2D eigenvalue weighted by Crippen LogP contribution is -2.26. The lowest BCUT2D eigenvalue weighted by molar-refractivity contribution is 0.619. The van der Waals surface area contributed by atoms with Gasteiger partial charge in [-0.05, 0) is 24.1 Å². The van der Waals surface area contributed by atoms with Gasteiger partial charge in [-0.1, -0.05) is 19.1 Å². The predicted octanol–water partition coefficient (Wildman–Crippen LogP) is 2.97. The van der Waals surface area contributed by atoms with E-state index in [0.717, 1.165) is 23.3 Å². The lowest BCUT2D eigenvalue weighted by atomic mass is 10.1. The standard InChI is InChI=1S/C21H19FN6O/c1-2-7-28-20(29)17-10-18(25-19(17)27-8-6-23-21(27)28)15-11-24-26(13-15)12-14-4-3-5-16(22)9-14/h3-6,8-9,11,13H,2,7,10,12H2,1H3. The van der Waals surface area contributed by atoms with E-state index in [-0.39, 0.29) is 11.4 Å². The summed E-state index contributed by atoms with van der Waals surface area (Å²) in [6, 6.07) is 6.46. The van der Waals surface area contributed by atoms with Gasteiger partial charge in [-0.25, -0.2) is 14.4 Å². The maximum absolute atomic E-state index is 13.4. The van der Waals surface area contributed by atoms with Crippen LogP contribution in [0.1, 0.15) is 30.0 Å². The minimum absolute atomic E-state index is 0.0357. The highest BCUT2D eigenvalue weighted by Crippen LogP contribution is 2.27. The van der Waals surface area contributed by atoms with Crippen molar-refractivity contribution in [1.82, 2.24) is 23.7 Å². The van der Waals surface area contributed by atoms with Crippen molar-refractivity contribution in [2.24, 2.45) is 4.99 Å². The van der Waals surface area contributed by atoms with Gasteiger partial charge >= 0.3 is 0 Å². The van der Waals surface area contributed by atoms with E-state index in [1.165, 1.54) is 12.1 Å². The largest absolute Gasteiger partial charge is 0.278 e. The molecular formula is C21H19FN6O. The Balaban J connectivity index is 1.49. The molecule has 7 nitrogen and oxygen atoms in total. The van der Waals surface area contributed by atoms with Gasteiger partial charge in [0.05, 0.1) is 24.0 Å². The molecule has 146 valence electrons. The molecule has 0 radical (unpaired) electrons. The van der Waals surface area contributed by atoms with E-state index in [1.54, 1.807) is 27.7 Å². The molecule has 1 aliphatic rings. The van der Waals surface area contributed by atoms with Gasteiger partial charge in [0.25, 0.3) is 5.56 Å². The predicted molar refractivity (Wildman–Crippen MR) is 107 cm³/mol. The Morgan fingerprint density at radius 3 is 3.00 bits per heavy atom. The van der Waals surface area contributed by atoms with Gasteiger partial charge in [-0.2, -0.15) is 5.10 Å². The van der Waals surface area contributed by atoms with Gasteiger partial charge in [0.2, 0.25) is 5.78 Å². The average molecular weight is 390 g/mol. The number of halogens is 1. The molecule has 0 amide bonds. The molecule has 4 heterocycles. The monoisotopic (exact) mass is 390 g/mol. The van der Waals surface area contributed by atoms with Gasteiger partial charge in [-0.15, -0.1) is 0 Å². The van der Waals surface area contributed by atoms with Crippen LogP contribution in [0.3, 0.4) is 0 Å². The van der Waals surface area contributed by atoms with Crippen LogP contribution in [-0.4, -0.2) is 29.4 Å². The van der Waals surface area contributed by atoms with Crippen molar-refractivity contribution in [1.29, 1.82) is 0 Å². The van der Waals surface area contributed by atoms with E-state index in [2.05, 4.69) is 10.1 Å². The molecule has 4 aromatic rings. The molecule has 5 rings (SSSR count). The van der Waals surface area contributed by atoms with Gasteiger partial charge in [0, 0.05) is 37.1 Å². The number of benzene rings is 1. The molecule has 0 N–H and O–H groups in total. The third kappa shape index (κ3) is 2.97. The third-order valence-corrected chi connectivity index (χ3v) is 5.10. The van der Waals surface area contributed by atoms with Crippen LogP contribution in [-0.2, 0) is 19.5 Å². The number of nitrogens with zero attached hydrogens (tertiary/aromatic N) is 6. The van der Waals surface area contributed by atoms with Crippen LogP contribution in [0.2, 0.25) is 0 Å². The summed E-state index contributed by atoms with van der Waals surface area (Å²) >= 11 is 0. The number of fused-ring (bicyclic) bond motifs is 3. The molecule has 0 aliphatic carbocycles. The molecule has 0 atom stereocenters. The van der Waals surface area contributed by atoms with Crippen molar-refractivity contribution in [3.8, 4) is 0 Å². The topological polar surface area (TPSA) is 69.5 Å². The first-order valence-corrected chi connectivity index (χ1v) is 9.57. The Kier molecular flexibility index (Phi) is 4.12. The van der Waals surface area contributed by atoms with Gasteiger partial charge in [-0.3, -0.25) is 18.4 Å². The summed E-state index contributed by atoms with van der Waals surface area (Å²) in [5.41, 5.74) is 3.13. The Labute approximate surface area is 165 Å². The van der Waals surface area contributed by atoms with Crippen molar-refractivity contribution in [3.05, 3.63) is 81.9 Å². The number of aliphatic imine (C=N–C) groups is 1. The number of hydrogen-bond donors (Lipinski definition) is 0. The average Bonchev–Trinajstić information content (AvgIpc) is 3.43. The molecule has 1 aromatic carbocycles. The summed E-state index contributed by atoms with van der Waals surface area (Å²) in [7, 11) is 0. The molecule has 0 spiro atoms. The summed E-state index contributed by atoms with van der Waals surface area (Å²) in [5.74, 6) is 0.989. The lowest BCUT2D eigenvalue weighted by Gasteiger charge is -2.09. The second kappa shape index (κ2) is 6.80. The second-order valence-electron chi connectivity index (χ2n) is 7.15. The van der Waals surface area contributed by atoms with Crippen molar-refractivity contribution >= 4 is 17.3 Å². The summed E-state index contributed by atoms with van der Waals surface area (Å²) in [6.45, 7) is 3.12. The number of imidazole rings is 1. The Hall–Kier alpha value is -3.55. The fourth-order valence-electron chi connectivity index (χ4n) is 3.78. The van der Waals surface area contributed by atoms with Gasteiger partial charge in [0.1, 0.15) is 11.6 Å². The molecular weight excluding hydrogens is 371 g/mol. The van der Waals surface area contributed by atoms with Crippen molar-refractivity contribution < 1.29 is 4.39 Å². The van der Waals surface area contributed by atoms with Crippen molar-refractivity contribution in [3.63, 3.8) is 0 Å². The molecule has 0 saturated carbocycles. The Bertz CT molecular complexity index is 1310. The number of rotatable bonds is 5. The normalized spacial score (nSPS) is 13.1. The molecule has 8 heteroatoms. The molecule has 29 heavy (non-hydrogen) atoms. The number of aromatic nitrogens is 5. The summed E-state index contributed by atoms with van der Waals surface area (Å²) in [5, 5.41) is 4.38. The highest BCUT2D eigenvalue weighted by atomic mass is 19.1. The minimum atomic E-state index is -0.266. The molecule has 0 fully saturated rings. The van der Waals surface area contributed by atoms with E-state index in [4.69, 9.17) is 4.99 Å². The maximum atomic E-state index is 13.4. The van der Waals surface area contributed by atoms with Crippen LogP contribution in [0.15, 0.2) is 58.8 Å². The molecule has 0 unspecified atom stereocenters. The molecule has 0 saturated heterocycles. The Morgan fingerprint density at radius 1 is 1.28 bits per heavy atom. The van der Waals surface area contributed by atoms with Gasteiger partial charge < -0.3 is 0 Å². The zero-order chi connectivity index (χ0) is 20.0. The van der Waals surface area contributed by atoms with Gasteiger partial charge in [0.15, 0.2) is 0 Å². The molecule has 3 aromatic heterocycles. The molecule has 1 aliphatic heterocycles. The van der Waals surface area contributed by atoms with Crippen LogP contribution >= 0.6 is 0 Å². The fourth-order valence-corrected chi connectivity index (χ4v) is 3.78. The highest BCUT2D eigenvalue weighted by Gasteiger charge is 2.25.